The van der Waals surface area contributed by atoms with Crippen molar-refractivity contribution in [1.82, 2.24) is 9.80 Å². The van der Waals surface area contributed by atoms with Crippen LogP contribution in [0.15, 0.2) is 30.3 Å². The molecule has 2 fully saturated rings. The van der Waals surface area contributed by atoms with E-state index in [-0.39, 0.29) is 24.5 Å². The summed E-state index contributed by atoms with van der Waals surface area (Å²) in [5.74, 6) is 0.168. The quantitative estimate of drug-likeness (QED) is 0.832. The van der Waals surface area contributed by atoms with E-state index in [2.05, 4.69) is 0 Å². The normalized spacial score (nSPS) is 21.8. The molecule has 2 heterocycles. The van der Waals surface area contributed by atoms with Gasteiger partial charge < -0.3 is 14.5 Å². The summed E-state index contributed by atoms with van der Waals surface area (Å²) in [7, 11) is 0. The predicted octanol–water partition coefficient (Wildman–Crippen LogP) is 2.21. The SMILES string of the molecule is O=C1CCCCN1CC(=O)N1CCC[C@@H](OCc2ccccc2)C1. The minimum atomic E-state index is 0.0539. The molecule has 1 aromatic rings. The first kappa shape index (κ1) is 17.0. The first-order chi connectivity index (χ1) is 11.7. The lowest BCUT2D eigenvalue weighted by atomic mass is 10.1. The van der Waals surface area contributed by atoms with Gasteiger partial charge in [-0.2, -0.15) is 0 Å². The minimum absolute atomic E-state index is 0.0539. The van der Waals surface area contributed by atoms with Crippen LogP contribution in [0.25, 0.3) is 0 Å². The van der Waals surface area contributed by atoms with Crippen molar-refractivity contribution in [3.05, 3.63) is 35.9 Å². The Bertz CT molecular complexity index is 561. The molecule has 0 saturated carbocycles. The lowest BCUT2D eigenvalue weighted by Crippen LogP contribution is -2.49. The van der Waals surface area contributed by atoms with Gasteiger partial charge >= 0.3 is 0 Å². The second kappa shape index (κ2) is 8.29. The third-order valence-corrected chi connectivity index (χ3v) is 4.81. The Balaban J connectivity index is 1.47. The second-order valence-electron chi connectivity index (χ2n) is 6.67. The van der Waals surface area contributed by atoms with Crippen LogP contribution >= 0.6 is 0 Å². The number of hydrogen-bond donors (Lipinski definition) is 0. The first-order valence-corrected chi connectivity index (χ1v) is 8.93. The zero-order valence-corrected chi connectivity index (χ0v) is 14.2. The van der Waals surface area contributed by atoms with Gasteiger partial charge in [-0.1, -0.05) is 30.3 Å². The molecule has 1 aromatic carbocycles. The van der Waals surface area contributed by atoms with Gasteiger partial charge in [-0.25, -0.2) is 0 Å². The molecule has 130 valence electrons. The average Bonchev–Trinajstić information content (AvgIpc) is 2.63. The van der Waals surface area contributed by atoms with E-state index in [4.69, 9.17) is 4.74 Å². The van der Waals surface area contributed by atoms with Gasteiger partial charge in [0.1, 0.15) is 0 Å². The third kappa shape index (κ3) is 4.57. The number of piperidine rings is 2. The molecule has 2 aliphatic heterocycles. The van der Waals surface area contributed by atoms with Crippen LogP contribution in [0.4, 0.5) is 0 Å². The fraction of sp³-hybridized carbons (Fsp3) is 0.579. The molecular weight excluding hydrogens is 304 g/mol. The van der Waals surface area contributed by atoms with Gasteiger partial charge in [-0.3, -0.25) is 9.59 Å². The summed E-state index contributed by atoms with van der Waals surface area (Å²) in [5.41, 5.74) is 1.15. The van der Waals surface area contributed by atoms with Crippen molar-refractivity contribution in [3.63, 3.8) is 0 Å². The molecule has 0 spiro atoms. The summed E-state index contributed by atoms with van der Waals surface area (Å²) < 4.78 is 5.99. The topological polar surface area (TPSA) is 49.9 Å². The average molecular weight is 330 g/mol. The number of hydrogen-bond acceptors (Lipinski definition) is 3. The summed E-state index contributed by atoms with van der Waals surface area (Å²) >= 11 is 0. The Hall–Kier alpha value is -1.88. The van der Waals surface area contributed by atoms with Crippen LogP contribution in [0, 0.1) is 0 Å². The van der Waals surface area contributed by atoms with E-state index < -0.39 is 0 Å². The number of ether oxygens (including phenoxy) is 1. The van der Waals surface area contributed by atoms with Gasteiger partial charge in [0.2, 0.25) is 11.8 Å². The maximum absolute atomic E-state index is 12.5. The zero-order valence-electron chi connectivity index (χ0n) is 14.2. The maximum atomic E-state index is 12.5. The molecule has 5 heteroatoms. The molecule has 0 aromatic heterocycles. The summed E-state index contributed by atoms with van der Waals surface area (Å²) in [6.07, 6.45) is 4.55. The smallest absolute Gasteiger partial charge is 0.242 e. The highest BCUT2D eigenvalue weighted by molar-refractivity contribution is 5.85. The molecule has 2 aliphatic rings. The summed E-state index contributed by atoms with van der Waals surface area (Å²) in [6.45, 7) is 2.93. The van der Waals surface area contributed by atoms with Crippen LogP contribution < -0.4 is 0 Å². The van der Waals surface area contributed by atoms with Gasteiger partial charge in [0.05, 0.1) is 19.3 Å². The van der Waals surface area contributed by atoms with Crippen molar-refractivity contribution < 1.29 is 14.3 Å². The van der Waals surface area contributed by atoms with Crippen molar-refractivity contribution in [2.45, 2.75) is 44.8 Å². The monoisotopic (exact) mass is 330 g/mol. The summed E-state index contributed by atoms with van der Waals surface area (Å²) in [6, 6.07) is 10.1. The number of benzene rings is 1. The van der Waals surface area contributed by atoms with Gasteiger partial charge in [-0.15, -0.1) is 0 Å². The molecule has 0 radical (unpaired) electrons. The molecule has 0 N–H and O–H groups in total. The summed E-state index contributed by atoms with van der Waals surface area (Å²) in [4.78, 5) is 27.9. The lowest BCUT2D eigenvalue weighted by molar-refractivity contribution is -0.144. The van der Waals surface area contributed by atoms with E-state index in [1.54, 1.807) is 4.90 Å². The van der Waals surface area contributed by atoms with E-state index >= 15 is 0 Å². The molecule has 0 unspecified atom stereocenters. The number of amides is 2. The van der Waals surface area contributed by atoms with Crippen LogP contribution in [0.1, 0.15) is 37.7 Å². The van der Waals surface area contributed by atoms with Crippen molar-refractivity contribution in [3.8, 4) is 0 Å². The predicted molar refractivity (Wildman–Crippen MR) is 91.3 cm³/mol. The fourth-order valence-corrected chi connectivity index (χ4v) is 3.38. The Morgan fingerprint density at radius 2 is 1.96 bits per heavy atom. The standard InChI is InChI=1S/C19H26N2O3/c22-18-10-4-5-11-21(18)14-19(23)20-12-6-9-17(13-20)24-15-16-7-2-1-3-8-16/h1-3,7-8,17H,4-6,9-15H2/t17-/m1/s1. The fourth-order valence-electron chi connectivity index (χ4n) is 3.38. The minimum Gasteiger partial charge on any atom is -0.372 e. The van der Waals surface area contributed by atoms with E-state index in [0.29, 0.717) is 26.1 Å². The number of nitrogens with zero attached hydrogens (tertiary/aromatic N) is 2. The number of carbonyl (C=O) groups excluding carboxylic acids is 2. The van der Waals surface area contributed by atoms with Gasteiger partial charge in [0, 0.05) is 26.1 Å². The van der Waals surface area contributed by atoms with Crippen LogP contribution in [0.5, 0.6) is 0 Å². The Morgan fingerprint density at radius 3 is 2.75 bits per heavy atom. The highest BCUT2D eigenvalue weighted by Crippen LogP contribution is 2.17. The molecule has 24 heavy (non-hydrogen) atoms. The van der Waals surface area contributed by atoms with Crippen molar-refractivity contribution in [1.29, 1.82) is 0 Å². The molecule has 0 bridgehead atoms. The third-order valence-electron chi connectivity index (χ3n) is 4.81. The number of carbonyl (C=O) groups is 2. The van der Waals surface area contributed by atoms with E-state index in [1.807, 2.05) is 35.2 Å². The van der Waals surface area contributed by atoms with Crippen LogP contribution in [0.3, 0.4) is 0 Å². The Labute approximate surface area is 143 Å². The second-order valence-corrected chi connectivity index (χ2v) is 6.67. The maximum Gasteiger partial charge on any atom is 0.242 e. The molecule has 2 amide bonds. The van der Waals surface area contributed by atoms with Crippen molar-refractivity contribution in [2.75, 3.05) is 26.2 Å². The molecule has 5 nitrogen and oxygen atoms in total. The van der Waals surface area contributed by atoms with Crippen LogP contribution in [0.2, 0.25) is 0 Å². The molecular formula is C19H26N2O3. The van der Waals surface area contributed by atoms with Gasteiger partial charge in [0.25, 0.3) is 0 Å². The molecule has 1 atom stereocenters. The van der Waals surface area contributed by atoms with Crippen LogP contribution in [-0.4, -0.2) is 53.9 Å². The number of likely N-dealkylation sites (tertiary alicyclic amines) is 2. The largest absolute Gasteiger partial charge is 0.372 e. The van der Waals surface area contributed by atoms with Crippen LogP contribution in [-0.2, 0) is 20.9 Å². The molecule has 2 saturated heterocycles. The highest BCUT2D eigenvalue weighted by Gasteiger charge is 2.27. The van der Waals surface area contributed by atoms with E-state index in [0.717, 1.165) is 37.8 Å². The van der Waals surface area contributed by atoms with Gasteiger partial charge in [0.15, 0.2) is 0 Å². The summed E-state index contributed by atoms with van der Waals surface area (Å²) in [5, 5.41) is 0. The van der Waals surface area contributed by atoms with Gasteiger partial charge in [-0.05, 0) is 31.2 Å². The highest BCUT2D eigenvalue weighted by atomic mass is 16.5. The van der Waals surface area contributed by atoms with E-state index in [1.165, 1.54) is 0 Å². The lowest BCUT2D eigenvalue weighted by Gasteiger charge is -2.35. The first-order valence-electron chi connectivity index (χ1n) is 8.93. The number of rotatable bonds is 5. The zero-order chi connectivity index (χ0) is 16.8. The molecule has 3 rings (SSSR count). The molecule has 0 aliphatic carbocycles. The van der Waals surface area contributed by atoms with E-state index in [9.17, 15) is 9.59 Å². The van der Waals surface area contributed by atoms with Crippen molar-refractivity contribution in [2.24, 2.45) is 0 Å². The Morgan fingerprint density at radius 1 is 1.12 bits per heavy atom. The Kier molecular flexibility index (Phi) is 5.86. The van der Waals surface area contributed by atoms with Crippen molar-refractivity contribution >= 4 is 11.8 Å².